The molecule has 1 aromatic carbocycles. The molecule has 1 saturated heterocycles. The number of likely N-dealkylation sites (tertiary alicyclic amines) is 1. The van der Waals surface area contributed by atoms with Gasteiger partial charge in [-0.2, -0.15) is 0 Å². The van der Waals surface area contributed by atoms with Gasteiger partial charge in [-0.3, -0.25) is 9.69 Å². The maximum atomic E-state index is 11.5. The third kappa shape index (κ3) is 10.2. The molecule has 1 aliphatic rings. The Bertz CT molecular complexity index is 680. The molecule has 2 rings (SSSR count). The van der Waals surface area contributed by atoms with Crippen LogP contribution in [0.15, 0.2) is 29.3 Å². The molecule has 1 unspecified atom stereocenters. The van der Waals surface area contributed by atoms with Crippen molar-refractivity contribution in [3.05, 3.63) is 35.4 Å². The van der Waals surface area contributed by atoms with Crippen LogP contribution in [-0.2, 0) is 22.6 Å². The molecule has 1 fully saturated rings. The lowest BCUT2D eigenvalue weighted by Crippen LogP contribution is -2.40. The number of amides is 1. The van der Waals surface area contributed by atoms with Crippen LogP contribution in [0.25, 0.3) is 0 Å². The molecule has 1 aliphatic heterocycles. The van der Waals surface area contributed by atoms with Gasteiger partial charge in [-0.15, -0.1) is 0 Å². The lowest BCUT2D eigenvalue weighted by Gasteiger charge is -2.31. The Morgan fingerprint density at radius 2 is 2.03 bits per heavy atom. The van der Waals surface area contributed by atoms with Gasteiger partial charge >= 0.3 is 0 Å². The summed E-state index contributed by atoms with van der Waals surface area (Å²) in [5.41, 5.74) is 7.94. The second-order valence-corrected chi connectivity index (χ2v) is 8.24. The molecule has 0 aromatic heterocycles. The van der Waals surface area contributed by atoms with Gasteiger partial charge in [-0.05, 0) is 50.3 Å². The number of benzene rings is 1. The summed E-state index contributed by atoms with van der Waals surface area (Å²) >= 11 is 0. The average Bonchev–Trinajstić information content (AvgIpc) is 2.77. The molecule has 0 saturated carbocycles. The largest absolute Gasteiger partial charge is 0.381 e. The Kier molecular flexibility index (Phi) is 12.0. The zero-order valence-corrected chi connectivity index (χ0v) is 19.4. The zero-order valence-electron chi connectivity index (χ0n) is 19.4. The first kappa shape index (κ1) is 25.1. The Morgan fingerprint density at radius 3 is 2.81 bits per heavy atom. The summed E-state index contributed by atoms with van der Waals surface area (Å²) in [6.07, 6.45) is 5.19. The molecular weight excluding hydrogens is 390 g/mol. The molecule has 1 heterocycles. The van der Waals surface area contributed by atoms with E-state index in [9.17, 15) is 4.79 Å². The molecule has 1 atom stereocenters. The maximum absolute atomic E-state index is 11.5. The molecule has 174 valence electrons. The van der Waals surface area contributed by atoms with Crippen molar-refractivity contribution < 1.29 is 9.53 Å². The fourth-order valence-corrected chi connectivity index (χ4v) is 3.76. The number of nitrogens with two attached hydrogens (primary N) is 1. The molecule has 0 bridgehead atoms. The predicted molar refractivity (Wildman–Crippen MR) is 127 cm³/mol. The summed E-state index contributed by atoms with van der Waals surface area (Å²) in [6.45, 7) is 10.8. The number of rotatable bonds is 13. The average molecular weight is 432 g/mol. The zero-order chi connectivity index (χ0) is 22.3. The van der Waals surface area contributed by atoms with Gasteiger partial charge in [-0.25, -0.2) is 4.99 Å². The van der Waals surface area contributed by atoms with Gasteiger partial charge in [0.25, 0.3) is 0 Å². The van der Waals surface area contributed by atoms with Gasteiger partial charge < -0.3 is 21.1 Å². The number of ether oxygens (including phenoxy) is 1. The van der Waals surface area contributed by atoms with Crippen LogP contribution in [0.3, 0.4) is 0 Å². The highest BCUT2D eigenvalue weighted by atomic mass is 16.5. The highest BCUT2D eigenvalue weighted by molar-refractivity contribution is 5.79. The van der Waals surface area contributed by atoms with Crippen molar-refractivity contribution in [2.45, 2.75) is 59.0 Å². The first-order chi connectivity index (χ1) is 15.1. The first-order valence-electron chi connectivity index (χ1n) is 11.8. The van der Waals surface area contributed by atoms with E-state index in [4.69, 9.17) is 15.5 Å². The van der Waals surface area contributed by atoms with Crippen molar-refractivity contribution in [3.8, 4) is 0 Å². The van der Waals surface area contributed by atoms with E-state index < -0.39 is 0 Å². The maximum Gasteiger partial charge on any atom is 0.221 e. The van der Waals surface area contributed by atoms with Crippen LogP contribution in [0.1, 0.15) is 57.1 Å². The van der Waals surface area contributed by atoms with Crippen molar-refractivity contribution in [2.75, 3.05) is 39.4 Å². The van der Waals surface area contributed by atoms with Gasteiger partial charge in [0.1, 0.15) is 0 Å². The minimum Gasteiger partial charge on any atom is -0.381 e. The molecule has 1 aromatic rings. The fourth-order valence-electron chi connectivity index (χ4n) is 3.76. The van der Waals surface area contributed by atoms with Gasteiger partial charge in [-0.1, -0.05) is 37.6 Å². The summed E-state index contributed by atoms with van der Waals surface area (Å²) in [4.78, 5) is 18.6. The number of primary amides is 1. The number of nitrogens with zero attached hydrogens (tertiary/aromatic N) is 2. The Hall–Kier alpha value is -2.12. The topological polar surface area (TPSA) is 92.0 Å². The minimum atomic E-state index is -0.177. The summed E-state index contributed by atoms with van der Waals surface area (Å²) in [6, 6.07) is 8.55. The molecule has 0 aliphatic carbocycles. The van der Waals surface area contributed by atoms with Crippen molar-refractivity contribution in [2.24, 2.45) is 16.6 Å². The minimum absolute atomic E-state index is 0.0210. The van der Waals surface area contributed by atoms with Crippen molar-refractivity contribution in [3.63, 3.8) is 0 Å². The summed E-state index contributed by atoms with van der Waals surface area (Å²) in [7, 11) is 0. The van der Waals surface area contributed by atoms with E-state index in [1.165, 1.54) is 17.5 Å². The van der Waals surface area contributed by atoms with Crippen molar-refractivity contribution in [1.29, 1.82) is 0 Å². The highest BCUT2D eigenvalue weighted by Gasteiger charge is 2.23. The third-order valence-electron chi connectivity index (χ3n) is 5.47. The van der Waals surface area contributed by atoms with Gasteiger partial charge in [0.2, 0.25) is 5.91 Å². The van der Waals surface area contributed by atoms with Crippen molar-refractivity contribution in [1.82, 2.24) is 15.5 Å². The molecule has 0 spiro atoms. The highest BCUT2D eigenvalue weighted by Crippen LogP contribution is 2.19. The Balaban J connectivity index is 1.82. The number of carbonyl (C=O) groups is 1. The van der Waals surface area contributed by atoms with E-state index in [2.05, 4.69) is 53.6 Å². The van der Waals surface area contributed by atoms with E-state index in [1.807, 2.05) is 0 Å². The number of hydrogen-bond donors (Lipinski definition) is 3. The van der Waals surface area contributed by atoms with Crippen LogP contribution in [-0.4, -0.2) is 56.2 Å². The van der Waals surface area contributed by atoms with Gasteiger partial charge in [0.05, 0.1) is 12.5 Å². The van der Waals surface area contributed by atoms with Gasteiger partial charge in [0.15, 0.2) is 5.96 Å². The standard InChI is InChI=1S/C24H41N5O2/c1-3-5-14-31-15-8-12-27-24(26-4-2)28-17-20-9-6-10-21(16-20)18-29-13-7-11-22(19-29)23(25)30/h6,9-10,16,22H,3-5,7-8,11-15,17-19H2,1-2H3,(H2,25,30)(H2,26,27,28). The molecule has 0 radical (unpaired) electrons. The van der Waals surface area contributed by atoms with Crippen LogP contribution >= 0.6 is 0 Å². The van der Waals surface area contributed by atoms with E-state index in [-0.39, 0.29) is 11.8 Å². The summed E-state index contributed by atoms with van der Waals surface area (Å²) in [5, 5.41) is 6.69. The van der Waals surface area contributed by atoms with Crippen LogP contribution in [0.4, 0.5) is 0 Å². The van der Waals surface area contributed by atoms with Crippen LogP contribution in [0, 0.1) is 5.92 Å². The Labute approximate surface area is 187 Å². The predicted octanol–water partition coefficient (Wildman–Crippen LogP) is 2.65. The number of unbranched alkanes of at least 4 members (excludes halogenated alkanes) is 1. The van der Waals surface area contributed by atoms with E-state index in [1.54, 1.807) is 0 Å². The quantitative estimate of drug-likeness (QED) is 0.254. The summed E-state index contributed by atoms with van der Waals surface area (Å²) in [5.74, 6) is 0.637. The fraction of sp³-hybridized carbons (Fsp3) is 0.667. The second kappa shape index (κ2) is 14.8. The molecule has 7 nitrogen and oxygen atoms in total. The second-order valence-electron chi connectivity index (χ2n) is 8.24. The third-order valence-corrected chi connectivity index (χ3v) is 5.47. The molecule has 7 heteroatoms. The molecule has 4 N–H and O–H groups in total. The van der Waals surface area contributed by atoms with E-state index in [0.29, 0.717) is 6.54 Å². The molecular formula is C24H41N5O2. The number of guanidine groups is 1. The number of nitrogens with one attached hydrogen (secondary N) is 2. The lowest BCUT2D eigenvalue weighted by atomic mass is 9.97. The number of piperidine rings is 1. The lowest BCUT2D eigenvalue weighted by molar-refractivity contribution is -0.123. The van der Waals surface area contributed by atoms with E-state index >= 15 is 0 Å². The number of carbonyl (C=O) groups excluding carboxylic acids is 1. The summed E-state index contributed by atoms with van der Waals surface area (Å²) < 4.78 is 5.61. The first-order valence-corrected chi connectivity index (χ1v) is 11.8. The number of aliphatic imine (C=N–C) groups is 1. The normalized spacial score (nSPS) is 17.5. The molecule has 1 amide bonds. The smallest absolute Gasteiger partial charge is 0.221 e. The van der Waals surface area contributed by atoms with Crippen LogP contribution in [0.5, 0.6) is 0 Å². The molecule has 31 heavy (non-hydrogen) atoms. The van der Waals surface area contributed by atoms with Crippen LogP contribution in [0.2, 0.25) is 0 Å². The monoisotopic (exact) mass is 431 g/mol. The Morgan fingerprint density at radius 1 is 1.23 bits per heavy atom. The number of hydrogen-bond acceptors (Lipinski definition) is 4. The van der Waals surface area contributed by atoms with Crippen LogP contribution < -0.4 is 16.4 Å². The SMILES string of the molecule is CCCCOCCCNC(=NCc1cccc(CN2CCCC(C(N)=O)C2)c1)NCC. The van der Waals surface area contributed by atoms with Gasteiger partial charge in [0, 0.05) is 39.4 Å². The van der Waals surface area contributed by atoms with Crippen molar-refractivity contribution >= 4 is 11.9 Å². The van der Waals surface area contributed by atoms with E-state index in [0.717, 1.165) is 77.6 Å².